The molecule has 130 valence electrons. The lowest BCUT2D eigenvalue weighted by Crippen LogP contribution is -2.38. The number of ether oxygens (including phenoxy) is 2. The molecule has 0 unspecified atom stereocenters. The van der Waals surface area contributed by atoms with E-state index in [0.29, 0.717) is 33.7 Å². The number of nitro groups is 1. The number of carbonyl (C=O) groups is 1. The van der Waals surface area contributed by atoms with E-state index < -0.39 is 10.7 Å². The number of hydrogen-bond acceptors (Lipinski definition) is 6. The molecule has 2 heterocycles. The van der Waals surface area contributed by atoms with Crippen LogP contribution in [-0.2, 0) is 9.47 Å². The van der Waals surface area contributed by atoms with E-state index in [2.05, 4.69) is 22.6 Å². The number of nitrogens with zero attached hydrogens (tertiary/aromatic N) is 1. The smallest absolute Gasteiger partial charge is 0.269 e. The number of alkyl halides is 1. The first-order valence-corrected chi connectivity index (χ1v) is 9.85. The fraction of sp³-hybridized carbons (Fsp3) is 0.235. The first kappa shape index (κ1) is 18.2. The van der Waals surface area contributed by atoms with Crippen LogP contribution < -0.4 is 0 Å². The lowest BCUT2D eigenvalue weighted by molar-refractivity contribution is -0.384. The van der Waals surface area contributed by atoms with E-state index in [1.165, 1.54) is 23.5 Å². The molecule has 0 aliphatic carbocycles. The molecule has 0 bridgehead atoms. The summed E-state index contributed by atoms with van der Waals surface area (Å²) in [5.74, 6) is -1.25. The summed E-state index contributed by atoms with van der Waals surface area (Å²) in [6.45, 7) is 0.830. The Hall–Kier alpha value is -1.62. The van der Waals surface area contributed by atoms with Gasteiger partial charge in [0.05, 0.1) is 33.0 Å². The largest absolute Gasteiger partial charge is 0.343 e. The highest BCUT2D eigenvalue weighted by atomic mass is 127. The standard InChI is InChI=1S/C17H14INO5S/c18-11-17(23-7-8-24-17)14(16(20)15-2-1-9-25-15)10-12-3-5-13(6-4-12)19(21)22/h1-6,9-10H,7-8,11H2/b14-10-. The molecule has 1 aromatic heterocycles. The summed E-state index contributed by atoms with van der Waals surface area (Å²) >= 11 is 3.49. The molecule has 3 rings (SSSR count). The van der Waals surface area contributed by atoms with Crippen molar-refractivity contribution in [3.05, 3.63) is 67.9 Å². The topological polar surface area (TPSA) is 78.7 Å². The molecule has 1 aromatic carbocycles. The Labute approximate surface area is 161 Å². The lowest BCUT2D eigenvalue weighted by Gasteiger charge is -2.27. The van der Waals surface area contributed by atoms with Gasteiger partial charge in [0.15, 0.2) is 0 Å². The normalized spacial score (nSPS) is 16.8. The number of hydrogen-bond donors (Lipinski definition) is 0. The monoisotopic (exact) mass is 471 g/mol. The van der Waals surface area contributed by atoms with E-state index >= 15 is 0 Å². The van der Waals surface area contributed by atoms with Gasteiger partial charge >= 0.3 is 0 Å². The highest BCUT2D eigenvalue weighted by Crippen LogP contribution is 2.34. The number of halogens is 1. The number of nitro benzene ring substituents is 1. The SMILES string of the molecule is O=C(/C(=C/c1ccc([N+](=O)[O-])cc1)C1(CI)OCCO1)c1cccs1. The van der Waals surface area contributed by atoms with Gasteiger partial charge in [0.25, 0.3) is 5.69 Å². The van der Waals surface area contributed by atoms with Gasteiger partial charge in [-0.2, -0.15) is 0 Å². The lowest BCUT2D eigenvalue weighted by atomic mass is 9.98. The zero-order chi connectivity index (χ0) is 17.9. The van der Waals surface area contributed by atoms with E-state index in [1.54, 1.807) is 24.3 Å². The Morgan fingerprint density at radius 3 is 2.48 bits per heavy atom. The Balaban J connectivity index is 2.04. The van der Waals surface area contributed by atoms with Gasteiger partial charge in [0, 0.05) is 12.1 Å². The Morgan fingerprint density at radius 2 is 1.96 bits per heavy atom. The number of thiophene rings is 1. The van der Waals surface area contributed by atoms with Crippen molar-refractivity contribution in [1.82, 2.24) is 0 Å². The minimum atomic E-state index is -1.09. The average Bonchev–Trinajstić information content (AvgIpc) is 3.31. The van der Waals surface area contributed by atoms with Crippen LogP contribution in [0.4, 0.5) is 5.69 Å². The van der Waals surface area contributed by atoms with Crippen LogP contribution in [0, 0.1) is 10.1 Å². The van der Waals surface area contributed by atoms with Crippen LogP contribution in [0.5, 0.6) is 0 Å². The van der Waals surface area contributed by atoms with Crippen molar-refractivity contribution < 1.29 is 19.2 Å². The molecule has 0 radical (unpaired) electrons. The summed E-state index contributed by atoms with van der Waals surface area (Å²) in [6.07, 6.45) is 1.69. The highest BCUT2D eigenvalue weighted by Gasteiger charge is 2.43. The third kappa shape index (κ3) is 3.81. The van der Waals surface area contributed by atoms with Gasteiger partial charge in [-0.25, -0.2) is 0 Å². The second-order valence-electron chi connectivity index (χ2n) is 5.30. The fourth-order valence-corrected chi connectivity index (χ4v) is 4.04. The van der Waals surface area contributed by atoms with Crippen molar-refractivity contribution in [3.63, 3.8) is 0 Å². The summed E-state index contributed by atoms with van der Waals surface area (Å²) < 4.78 is 12.0. The summed E-state index contributed by atoms with van der Waals surface area (Å²) in [7, 11) is 0. The van der Waals surface area contributed by atoms with Crippen molar-refractivity contribution in [2.45, 2.75) is 5.79 Å². The number of benzene rings is 1. The molecule has 1 fully saturated rings. The molecule has 25 heavy (non-hydrogen) atoms. The molecule has 1 aliphatic rings. The van der Waals surface area contributed by atoms with Gasteiger partial charge in [0.1, 0.15) is 0 Å². The van der Waals surface area contributed by atoms with Crippen LogP contribution >= 0.6 is 33.9 Å². The van der Waals surface area contributed by atoms with Crippen molar-refractivity contribution in [1.29, 1.82) is 0 Å². The van der Waals surface area contributed by atoms with E-state index in [-0.39, 0.29) is 11.5 Å². The Morgan fingerprint density at radius 1 is 1.28 bits per heavy atom. The molecule has 1 aliphatic heterocycles. The fourth-order valence-electron chi connectivity index (χ4n) is 2.51. The van der Waals surface area contributed by atoms with Crippen LogP contribution in [0.1, 0.15) is 15.2 Å². The van der Waals surface area contributed by atoms with Gasteiger partial charge < -0.3 is 9.47 Å². The van der Waals surface area contributed by atoms with Gasteiger partial charge in [0.2, 0.25) is 11.6 Å². The Bertz CT molecular complexity index is 795. The van der Waals surface area contributed by atoms with Crippen LogP contribution in [-0.4, -0.2) is 34.1 Å². The zero-order valence-electron chi connectivity index (χ0n) is 13.0. The van der Waals surface area contributed by atoms with Crippen molar-refractivity contribution in [2.75, 3.05) is 17.6 Å². The Kier molecular flexibility index (Phi) is 5.62. The molecule has 1 saturated heterocycles. The molecular formula is C17H14INO5S. The van der Waals surface area contributed by atoms with Gasteiger partial charge in [-0.15, -0.1) is 11.3 Å². The maximum Gasteiger partial charge on any atom is 0.269 e. The number of carbonyl (C=O) groups excluding carboxylic acids is 1. The molecule has 8 heteroatoms. The second-order valence-corrected chi connectivity index (χ2v) is 7.01. The van der Waals surface area contributed by atoms with E-state index in [0.717, 1.165) is 0 Å². The molecule has 0 saturated carbocycles. The van der Waals surface area contributed by atoms with Gasteiger partial charge in [-0.05, 0) is 35.2 Å². The third-order valence-corrected chi connectivity index (χ3v) is 5.62. The first-order valence-electron chi connectivity index (χ1n) is 7.44. The molecular weight excluding hydrogens is 457 g/mol. The third-order valence-electron chi connectivity index (χ3n) is 3.74. The van der Waals surface area contributed by atoms with E-state index in [9.17, 15) is 14.9 Å². The maximum atomic E-state index is 13.0. The highest BCUT2D eigenvalue weighted by molar-refractivity contribution is 14.1. The average molecular weight is 471 g/mol. The second kappa shape index (κ2) is 7.73. The number of Topliss-reactive ketones (excluding diaryl/α,β-unsaturated/α-hetero) is 1. The molecule has 0 N–H and O–H groups in total. The van der Waals surface area contributed by atoms with Crippen molar-refractivity contribution in [3.8, 4) is 0 Å². The minimum Gasteiger partial charge on any atom is -0.343 e. The zero-order valence-corrected chi connectivity index (χ0v) is 16.0. The summed E-state index contributed by atoms with van der Waals surface area (Å²) in [5, 5.41) is 12.6. The number of rotatable bonds is 6. The van der Waals surface area contributed by atoms with E-state index in [1.807, 2.05) is 11.4 Å². The molecule has 2 aromatic rings. The quantitative estimate of drug-likeness (QED) is 0.158. The van der Waals surface area contributed by atoms with Crippen LogP contribution in [0.15, 0.2) is 47.4 Å². The summed E-state index contributed by atoms with van der Waals surface area (Å²) in [5.41, 5.74) is 1.07. The minimum absolute atomic E-state index is 0.000236. The maximum absolute atomic E-state index is 13.0. The van der Waals surface area contributed by atoms with Crippen LogP contribution in [0.25, 0.3) is 6.08 Å². The molecule has 0 atom stereocenters. The van der Waals surface area contributed by atoms with Crippen molar-refractivity contribution in [2.24, 2.45) is 0 Å². The number of non-ortho nitro benzene ring substituents is 1. The summed E-state index contributed by atoms with van der Waals surface area (Å²) in [4.78, 5) is 23.9. The molecule has 6 nitrogen and oxygen atoms in total. The van der Waals surface area contributed by atoms with E-state index in [4.69, 9.17) is 9.47 Å². The predicted octanol–water partition coefficient (Wildman–Crippen LogP) is 4.10. The van der Waals surface area contributed by atoms with Crippen LogP contribution in [0.3, 0.4) is 0 Å². The first-order chi connectivity index (χ1) is 12.1. The number of ketones is 1. The van der Waals surface area contributed by atoms with Crippen LogP contribution in [0.2, 0.25) is 0 Å². The molecule has 0 amide bonds. The molecule has 0 spiro atoms. The predicted molar refractivity (Wildman–Crippen MR) is 103 cm³/mol. The summed E-state index contributed by atoms with van der Waals surface area (Å²) in [6, 6.07) is 9.60. The van der Waals surface area contributed by atoms with Crippen molar-refractivity contribution >= 4 is 51.5 Å². The van der Waals surface area contributed by atoms with Gasteiger partial charge in [-0.3, -0.25) is 14.9 Å². The van der Waals surface area contributed by atoms with Gasteiger partial charge in [-0.1, -0.05) is 28.7 Å².